The molecule has 1 amide bonds. The topological polar surface area (TPSA) is 44.1 Å². The van der Waals surface area contributed by atoms with Crippen LogP contribution in [0.15, 0.2) is 35.2 Å². The molecular formula is C16H18N2OS. The van der Waals surface area contributed by atoms with Crippen molar-refractivity contribution in [2.24, 2.45) is 5.92 Å². The first-order valence-corrected chi connectivity index (χ1v) is 7.96. The number of nitriles is 1. The van der Waals surface area contributed by atoms with Crippen LogP contribution in [0.25, 0.3) is 6.08 Å². The van der Waals surface area contributed by atoms with Crippen LogP contribution in [0.1, 0.15) is 18.4 Å². The number of thioether (sulfide) groups is 1. The van der Waals surface area contributed by atoms with Crippen molar-refractivity contribution in [1.82, 2.24) is 4.90 Å². The molecule has 1 fully saturated rings. The second kappa shape index (κ2) is 7.16. The molecule has 0 bridgehead atoms. The second-order valence-corrected chi connectivity index (χ2v) is 5.71. The Morgan fingerprint density at radius 1 is 1.35 bits per heavy atom. The Morgan fingerprint density at radius 3 is 2.55 bits per heavy atom. The summed E-state index contributed by atoms with van der Waals surface area (Å²) in [6.07, 6.45) is 7.10. The lowest BCUT2D eigenvalue weighted by Gasteiger charge is -2.28. The molecule has 2 rings (SSSR count). The Hall–Kier alpha value is -1.73. The number of likely N-dealkylation sites (tertiary alicyclic amines) is 1. The summed E-state index contributed by atoms with van der Waals surface area (Å²) in [6, 6.07) is 10.4. The van der Waals surface area contributed by atoms with Crippen LogP contribution < -0.4 is 0 Å². The van der Waals surface area contributed by atoms with E-state index in [4.69, 9.17) is 5.26 Å². The Bertz CT molecular complexity index is 522. The van der Waals surface area contributed by atoms with E-state index in [-0.39, 0.29) is 11.8 Å². The van der Waals surface area contributed by atoms with Crippen LogP contribution in [-0.4, -0.2) is 30.2 Å². The molecular weight excluding hydrogens is 268 g/mol. The summed E-state index contributed by atoms with van der Waals surface area (Å²) in [5.41, 5.74) is 1.03. The summed E-state index contributed by atoms with van der Waals surface area (Å²) in [5, 5.41) is 8.84. The second-order valence-electron chi connectivity index (χ2n) is 4.84. The van der Waals surface area contributed by atoms with Crippen molar-refractivity contribution in [2.75, 3.05) is 19.3 Å². The van der Waals surface area contributed by atoms with Gasteiger partial charge in [-0.2, -0.15) is 5.26 Å². The molecule has 3 nitrogen and oxygen atoms in total. The van der Waals surface area contributed by atoms with Gasteiger partial charge in [-0.15, -0.1) is 11.8 Å². The van der Waals surface area contributed by atoms with Gasteiger partial charge in [-0.25, -0.2) is 0 Å². The summed E-state index contributed by atoms with van der Waals surface area (Å²) in [6.45, 7) is 1.37. The van der Waals surface area contributed by atoms with Crippen LogP contribution in [-0.2, 0) is 4.79 Å². The van der Waals surface area contributed by atoms with Gasteiger partial charge in [-0.3, -0.25) is 4.79 Å². The molecule has 0 spiro atoms. The molecule has 0 atom stereocenters. The summed E-state index contributed by atoms with van der Waals surface area (Å²) in [4.78, 5) is 15.1. The number of carbonyl (C=O) groups excluding carboxylic acids is 1. The summed E-state index contributed by atoms with van der Waals surface area (Å²) in [5.74, 6) is 0.150. The Labute approximate surface area is 124 Å². The van der Waals surface area contributed by atoms with E-state index in [2.05, 4.69) is 6.07 Å². The van der Waals surface area contributed by atoms with Crippen molar-refractivity contribution in [3.8, 4) is 6.07 Å². The van der Waals surface area contributed by atoms with Gasteiger partial charge in [0.25, 0.3) is 0 Å². The number of hydrogen-bond acceptors (Lipinski definition) is 3. The van der Waals surface area contributed by atoms with Crippen LogP contribution in [0, 0.1) is 17.2 Å². The van der Waals surface area contributed by atoms with Crippen LogP contribution >= 0.6 is 11.8 Å². The third-order valence-electron chi connectivity index (χ3n) is 3.52. The molecule has 1 aromatic rings. The molecule has 104 valence electrons. The molecule has 1 heterocycles. The maximum absolute atomic E-state index is 12.0. The molecule has 4 heteroatoms. The summed E-state index contributed by atoms with van der Waals surface area (Å²) < 4.78 is 0. The predicted molar refractivity (Wildman–Crippen MR) is 82.2 cm³/mol. The third-order valence-corrected chi connectivity index (χ3v) is 4.27. The van der Waals surface area contributed by atoms with Crippen molar-refractivity contribution < 1.29 is 4.79 Å². The van der Waals surface area contributed by atoms with Crippen molar-refractivity contribution in [2.45, 2.75) is 17.7 Å². The zero-order valence-corrected chi connectivity index (χ0v) is 12.4. The van der Waals surface area contributed by atoms with Gasteiger partial charge in [0.05, 0.1) is 6.07 Å². The maximum Gasteiger partial charge on any atom is 0.246 e. The highest BCUT2D eigenvalue weighted by Gasteiger charge is 2.20. The normalized spacial score (nSPS) is 16.3. The molecule has 1 saturated heterocycles. The Balaban J connectivity index is 1.90. The lowest BCUT2D eigenvalue weighted by molar-refractivity contribution is -0.127. The minimum absolute atomic E-state index is 0.0373. The fourth-order valence-electron chi connectivity index (χ4n) is 2.22. The Kier molecular flexibility index (Phi) is 5.25. The monoisotopic (exact) mass is 286 g/mol. The molecule has 1 aliphatic rings. The first-order chi connectivity index (χ1) is 9.72. The number of piperidine rings is 1. The van der Waals surface area contributed by atoms with Gasteiger partial charge in [0.2, 0.25) is 5.91 Å². The van der Waals surface area contributed by atoms with E-state index in [0.29, 0.717) is 13.1 Å². The number of amides is 1. The number of carbonyl (C=O) groups is 1. The first kappa shape index (κ1) is 14.7. The zero-order chi connectivity index (χ0) is 14.4. The fraction of sp³-hybridized carbons (Fsp3) is 0.375. The molecule has 1 aromatic carbocycles. The van der Waals surface area contributed by atoms with Crippen LogP contribution in [0.4, 0.5) is 0 Å². The standard InChI is InChI=1S/C16H18N2OS/c1-20-15-5-2-13(3-6-15)4-7-16(19)18-10-8-14(12-17)9-11-18/h2-7,14H,8-11H2,1H3/b7-4+. The fourth-order valence-corrected chi connectivity index (χ4v) is 2.63. The van der Waals surface area contributed by atoms with Crippen LogP contribution in [0.5, 0.6) is 0 Å². The Morgan fingerprint density at radius 2 is 2.00 bits per heavy atom. The molecule has 0 aromatic heterocycles. The minimum atomic E-state index is 0.0373. The van der Waals surface area contributed by atoms with E-state index in [0.717, 1.165) is 18.4 Å². The largest absolute Gasteiger partial charge is 0.339 e. The van der Waals surface area contributed by atoms with Gasteiger partial charge in [-0.05, 0) is 42.9 Å². The van der Waals surface area contributed by atoms with Gasteiger partial charge in [0.15, 0.2) is 0 Å². The smallest absolute Gasteiger partial charge is 0.246 e. The van der Waals surface area contributed by atoms with E-state index >= 15 is 0 Å². The van der Waals surface area contributed by atoms with Crippen LogP contribution in [0.2, 0.25) is 0 Å². The molecule has 0 unspecified atom stereocenters. The average molecular weight is 286 g/mol. The molecule has 0 N–H and O–H groups in total. The van der Waals surface area contributed by atoms with Crippen molar-refractivity contribution >= 4 is 23.7 Å². The molecule has 0 aliphatic carbocycles. The number of hydrogen-bond donors (Lipinski definition) is 0. The molecule has 1 aliphatic heterocycles. The molecule has 20 heavy (non-hydrogen) atoms. The quantitative estimate of drug-likeness (QED) is 0.633. The lowest BCUT2D eigenvalue weighted by Crippen LogP contribution is -2.37. The SMILES string of the molecule is CSc1ccc(/C=C/C(=O)N2CCC(C#N)CC2)cc1. The highest BCUT2D eigenvalue weighted by molar-refractivity contribution is 7.98. The van der Waals surface area contributed by atoms with Gasteiger partial charge in [0, 0.05) is 30.0 Å². The molecule has 0 saturated carbocycles. The van der Waals surface area contributed by atoms with E-state index < -0.39 is 0 Å². The molecule has 0 radical (unpaired) electrons. The lowest BCUT2D eigenvalue weighted by atomic mass is 9.98. The highest BCUT2D eigenvalue weighted by atomic mass is 32.2. The number of nitrogens with zero attached hydrogens (tertiary/aromatic N) is 2. The van der Waals surface area contributed by atoms with E-state index in [1.54, 1.807) is 17.8 Å². The summed E-state index contributed by atoms with van der Waals surface area (Å²) >= 11 is 1.70. The van der Waals surface area contributed by atoms with E-state index in [1.165, 1.54) is 4.90 Å². The zero-order valence-electron chi connectivity index (χ0n) is 11.6. The average Bonchev–Trinajstić information content (AvgIpc) is 2.53. The van der Waals surface area contributed by atoms with Gasteiger partial charge in [0.1, 0.15) is 0 Å². The highest BCUT2D eigenvalue weighted by Crippen LogP contribution is 2.17. The summed E-state index contributed by atoms with van der Waals surface area (Å²) in [7, 11) is 0. The first-order valence-electron chi connectivity index (χ1n) is 6.73. The number of benzene rings is 1. The van der Waals surface area contributed by atoms with Crippen molar-refractivity contribution in [1.29, 1.82) is 5.26 Å². The maximum atomic E-state index is 12.0. The minimum Gasteiger partial charge on any atom is -0.339 e. The van der Waals surface area contributed by atoms with E-state index in [9.17, 15) is 4.79 Å². The van der Waals surface area contributed by atoms with Gasteiger partial charge < -0.3 is 4.90 Å². The van der Waals surface area contributed by atoms with Crippen LogP contribution in [0.3, 0.4) is 0 Å². The number of rotatable bonds is 3. The van der Waals surface area contributed by atoms with Crippen molar-refractivity contribution in [3.05, 3.63) is 35.9 Å². The van der Waals surface area contributed by atoms with Crippen molar-refractivity contribution in [3.63, 3.8) is 0 Å². The third kappa shape index (κ3) is 3.88. The van der Waals surface area contributed by atoms with Gasteiger partial charge in [-0.1, -0.05) is 12.1 Å². The van der Waals surface area contributed by atoms with E-state index in [1.807, 2.05) is 41.5 Å². The van der Waals surface area contributed by atoms with Gasteiger partial charge >= 0.3 is 0 Å². The predicted octanol–water partition coefficient (Wildman–Crippen LogP) is 3.18.